The van der Waals surface area contributed by atoms with Crippen LogP contribution in [0.15, 0.2) is 109 Å². The minimum Gasteiger partial charge on any atom is -0.454 e. The van der Waals surface area contributed by atoms with E-state index in [2.05, 4.69) is 123 Å². The van der Waals surface area contributed by atoms with Crippen LogP contribution in [0, 0.1) is 0 Å². The van der Waals surface area contributed by atoms with E-state index in [1.165, 1.54) is 83.5 Å². The highest BCUT2D eigenvalue weighted by Crippen LogP contribution is 2.26. The molecular weight excluding hydrogens is 1040 g/mol. The van der Waals surface area contributed by atoms with E-state index in [0.717, 1.165) is 141 Å². The van der Waals surface area contributed by atoms with Crippen LogP contribution in [0.4, 0.5) is 0 Å². The summed E-state index contributed by atoms with van der Waals surface area (Å²) < 4.78 is 17.6. The number of carbonyl (C=O) groups is 2. The second-order valence-electron chi connectivity index (χ2n) is 22.8. The molecule has 1 rings (SSSR count). The van der Waals surface area contributed by atoms with E-state index < -0.39 is 67.4 Å². The number of aliphatic hydroxyl groups is 5. The van der Waals surface area contributed by atoms with Gasteiger partial charge in [-0.15, -0.1) is 0 Å². The number of hydrogen-bond donors (Lipinski definition) is 6. The highest BCUT2D eigenvalue weighted by Gasteiger charge is 2.47. The van der Waals surface area contributed by atoms with Crippen molar-refractivity contribution in [2.45, 2.75) is 320 Å². The first kappa shape index (κ1) is 77.3. The summed E-state index contributed by atoms with van der Waals surface area (Å²) in [6, 6.07) is -1.04. The van der Waals surface area contributed by atoms with Gasteiger partial charge in [0.05, 0.1) is 25.4 Å². The molecule has 11 nitrogen and oxygen atoms in total. The minimum atomic E-state index is -1.63. The molecule has 6 N–H and O–H groups in total. The van der Waals surface area contributed by atoms with Crippen LogP contribution in [0.5, 0.6) is 0 Å². The fourth-order valence-electron chi connectivity index (χ4n) is 9.86. The van der Waals surface area contributed by atoms with Crippen molar-refractivity contribution in [1.82, 2.24) is 5.32 Å². The minimum absolute atomic E-state index is 0.109. The fourth-order valence-corrected chi connectivity index (χ4v) is 9.86. The lowest BCUT2D eigenvalue weighted by Crippen LogP contribution is -2.61. The molecular formula is C72H123NO10. The van der Waals surface area contributed by atoms with E-state index in [9.17, 15) is 35.1 Å². The predicted octanol–water partition coefficient (Wildman–Crippen LogP) is 16.8. The van der Waals surface area contributed by atoms with Gasteiger partial charge in [-0.25, -0.2) is 0 Å². The largest absolute Gasteiger partial charge is 0.454 e. The Morgan fingerprint density at radius 3 is 1.33 bits per heavy atom. The molecule has 8 atom stereocenters. The van der Waals surface area contributed by atoms with E-state index in [0.29, 0.717) is 12.8 Å². The molecule has 8 unspecified atom stereocenters. The molecule has 1 aliphatic heterocycles. The zero-order valence-corrected chi connectivity index (χ0v) is 52.8. The van der Waals surface area contributed by atoms with Crippen molar-refractivity contribution < 1.29 is 49.3 Å². The van der Waals surface area contributed by atoms with Gasteiger partial charge in [0, 0.05) is 6.42 Å². The molecule has 0 radical (unpaired) electrons. The average Bonchev–Trinajstić information content (AvgIpc) is 3.52. The number of amides is 1. The molecule has 0 aromatic carbocycles. The molecule has 0 aliphatic carbocycles. The molecule has 1 heterocycles. The third kappa shape index (κ3) is 46.2. The molecule has 0 spiro atoms. The normalized spacial score (nSPS) is 19.3. The molecule has 1 aliphatic rings. The first-order valence-electron chi connectivity index (χ1n) is 33.7. The van der Waals surface area contributed by atoms with Crippen molar-refractivity contribution >= 4 is 11.9 Å². The van der Waals surface area contributed by atoms with Crippen LogP contribution in [0.1, 0.15) is 271 Å². The SMILES string of the molecule is CC/C=C\C/C=C\C/C=C\C/C=C\C/C=C\CCCCCCCCC(O)C(=O)NC(COC1OC(CO)C(O)C(O)C1OC(=O)CCCCCCCCCC/C=C\C/C=C\C/C=C\CCCCC)C(O)/C=C/CCCCCCCCCCC. The Morgan fingerprint density at radius 1 is 0.482 bits per heavy atom. The third-order valence-electron chi connectivity index (χ3n) is 15.2. The number of aliphatic hydroxyl groups excluding tert-OH is 5. The van der Waals surface area contributed by atoms with Gasteiger partial charge in [0.25, 0.3) is 0 Å². The number of esters is 1. The van der Waals surface area contributed by atoms with Gasteiger partial charge in [-0.2, -0.15) is 0 Å². The van der Waals surface area contributed by atoms with Gasteiger partial charge in [0.1, 0.15) is 24.4 Å². The average molecular weight is 1160 g/mol. The van der Waals surface area contributed by atoms with Gasteiger partial charge in [-0.3, -0.25) is 9.59 Å². The Bertz CT molecular complexity index is 1770. The number of hydrogen-bond acceptors (Lipinski definition) is 10. The molecule has 1 fully saturated rings. The molecule has 11 heteroatoms. The predicted molar refractivity (Wildman–Crippen MR) is 347 cm³/mol. The van der Waals surface area contributed by atoms with Gasteiger partial charge in [0.15, 0.2) is 12.4 Å². The second-order valence-corrected chi connectivity index (χ2v) is 22.8. The van der Waals surface area contributed by atoms with E-state index in [4.69, 9.17) is 14.2 Å². The van der Waals surface area contributed by atoms with E-state index >= 15 is 0 Å². The van der Waals surface area contributed by atoms with Crippen LogP contribution in [0.25, 0.3) is 0 Å². The number of carbonyl (C=O) groups excluding carboxylic acids is 2. The Labute approximate surface area is 507 Å². The highest BCUT2D eigenvalue weighted by molar-refractivity contribution is 5.80. The summed E-state index contributed by atoms with van der Waals surface area (Å²) in [7, 11) is 0. The molecule has 83 heavy (non-hydrogen) atoms. The summed E-state index contributed by atoms with van der Waals surface area (Å²) in [5.74, 6) is -1.22. The van der Waals surface area contributed by atoms with Crippen LogP contribution in [0.3, 0.4) is 0 Å². The van der Waals surface area contributed by atoms with Crippen molar-refractivity contribution in [3.8, 4) is 0 Å². The molecule has 0 saturated carbocycles. The Hall–Kier alpha value is -3.68. The second kappa shape index (κ2) is 58.7. The number of rotatable bonds is 56. The number of ether oxygens (including phenoxy) is 3. The van der Waals surface area contributed by atoms with Crippen LogP contribution >= 0.6 is 0 Å². The summed E-state index contributed by atoms with van der Waals surface area (Å²) in [6.07, 6.45) is 69.7. The van der Waals surface area contributed by atoms with E-state index in [-0.39, 0.29) is 19.4 Å². The molecule has 0 aromatic heterocycles. The molecule has 1 amide bonds. The van der Waals surface area contributed by atoms with Crippen molar-refractivity contribution in [3.05, 3.63) is 109 Å². The lowest BCUT2D eigenvalue weighted by Gasteiger charge is -2.41. The summed E-state index contributed by atoms with van der Waals surface area (Å²) in [6.45, 7) is 5.64. The standard InChI is InChI=1S/C72H123NO10/c1-4-7-10-13-16-19-22-24-26-28-30-32-34-35-37-39-41-44-47-50-53-56-59-65(76)71(80)73-63(64(75)58-55-52-49-46-43-21-18-15-12-9-6-3)62-81-72-70(69(79)68(78)66(61-74)82-72)83-67(77)60-57-54-51-48-45-42-40-38-36-33-31-29-27-25-23-20-17-14-11-8-5-2/h7,10,16-17,19-20,24-27,30-33,35,37,55,58,63-66,68-70,72,74-76,78-79H,4-6,8-9,11-15,18,21-23,28-29,34,36,38-54,56-57,59-62H2,1-3H3,(H,73,80)/b10-7-,19-16-,20-17-,26-24-,27-25-,32-30-,33-31-,37-35-,58-55+. The molecule has 0 aromatic rings. The summed E-state index contributed by atoms with van der Waals surface area (Å²) in [5, 5.41) is 57.1. The van der Waals surface area contributed by atoms with Gasteiger partial charge in [0.2, 0.25) is 5.91 Å². The molecule has 0 bridgehead atoms. The maximum atomic E-state index is 13.5. The van der Waals surface area contributed by atoms with Gasteiger partial charge < -0.3 is 45.1 Å². The highest BCUT2D eigenvalue weighted by atomic mass is 16.7. The first-order valence-corrected chi connectivity index (χ1v) is 33.7. The van der Waals surface area contributed by atoms with Crippen molar-refractivity contribution in [2.75, 3.05) is 13.2 Å². The first-order chi connectivity index (χ1) is 40.7. The fraction of sp³-hybridized carbons (Fsp3) is 0.722. The number of nitrogens with one attached hydrogen (secondary N) is 1. The van der Waals surface area contributed by atoms with Crippen LogP contribution in [0.2, 0.25) is 0 Å². The lowest BCUT2D eigenvalue weighted by atomic mass is 9.99. The van der Waals surface area contributed by atoms with Crippen LogP contribution < -0.4 is 5.32 Å². The number of allylic oxidation sites excluding steroid dienone is 17. The third-order valence-corrected chi connectivity index (χ3v) is 15.2. The topological polar surface area (TPSA) is 175 Å². The van der Waals surface area contributed by atoms with Crippen LogP contribution in [-0.2, 0) is 23.8 Å². The van der Waals surface area contributed by atoms with Crippen LogP contribution in [-0.4, -0.2) is 99.6 Å². The van der Waals surface area contributed by atoms with Gasteiger partial charge in [-0.05, 0) is 109 Å². The van der Waals surface area contributed by atoms with Gasteiger partial charge in [-0.1, -0.05) is 265 Å². The zero-order chi connectivity index (χ0) is 60.3. The summed E-state index contributed by atoms with van der Waals surface area (Å²) in [4.78, 5) is 26.6. The Kier molecular flexibility index (Phi) is 54.7. The Morgan fingerprint density at radius 2 is 0.867 bits per heavy atom. The lowest BCUT2D eigenvalue weighted by molar-refractivity contribution is -0.305. The molecule has 476 valence electrons. The van der Waals surface area contributed by atoms with E-state index in [1.807, 2.05) is 6.08 Å². The van der Waals surface area contributed by atoms with Crippen molar-refractivity contribution in [3.63, 3.8) is 0 Å². The zero-order valence-electron chi connectivity index (χ0n) is 52.8. The Balaban J connectivity index is 2.62. The van der Waals surface area contributed by atoms with E-state index in [1.54, 1.807) is 6.08 Å². The van der Waals surface area contributed by atoms with Crippen molar-refractivity contribution in [1.29, 1.82) is 0 Å². The smallest absolute Gasteiger partial charge is 0.306 e. The number of unbranched alkanes of at least 4 members (excludes halogenated alkanes) is 26. The van der Waals surface area contributed by atoms with Crippen molar-refractivity contribution in [2.24, 2.45) is 0 Å². The van der Waals surface area contributed by atoms with Gasteiger partial charge >= 0.3 is 5.97 Å². The maximum absolute atomic E-state index is 13.5. The summed E-state index contributed by atoms with van der Waals surface area (Å²) >= 11 is 0. The summed E-state index contributed by atoms with van der Waals surface area (Å²) in [5.41, 5.74) is 0. The monoisotopic (exact) mass is 1160 g/mol. The molecule has 1 saturated heterocycles. The quantitative estimate of drug-likeness (QED) is 0.0195. The maximum Gasteiger partial charge on any atom is 0.306 e.